The average molecular weight is 182 g/mol. The van der Waals surface area contributed by atoms with Gasteiger partial charge in [0.1, 0.15) is 0 Å². The molecule has 0 heterocycles. The van der Waals surface area contributed by atoms with Gasteiger partial charge in [-0.05, 0) is 32.6 Å². The van der Waals surface area contributed by atoms with Crippen LogP contribution in [0.4, 0.5) is 0 Å². The van der Waals surface area contributed by atoms with Gasteiger partial charge in [0.2, 0.25) is 0 Å². The fourth-order valence-electron chi connectivity index (χ4n) is 2.58. The number of hydrogen-bond acceptors (Lipinski definition) is 1. The van der Waals surface area contributed by atoms with Gasteiger partial charge in [0.15, 0.2) is 0 Å². The molecular formula is C12H22O. The molecule has 76 valence electrons. The van der Waals surface area contributed by atoms with E-state index in [2.05, 4.69) is 33.8 Å². The SMILES string of the molecule is CC(C)=CC1(C)CCCC(C)C1O. The predicted molar refractivity (Wildman–Crippen MR) is 56.6 cm³/mol. The summed E-state index contributed by atoms with van der Waals surface area (Å²) in [6.45, 7) is 8.55. The number of hydrogen-bond donors (Lipinski definition) is 1. The minimum absolute atomic E-state index is 0.0243. The zero-order valence-corrected chi connectivity index (χ0v) is 9.30. The van der Waals surface area contributed by atoms with E-state index in [1.165, 1.54) is 18.4 Å². The van der Waals surface area contributed by atoms with Crippen LogP contribution in [-0.2, 0) is 0 Å². The lowest BCUT2D eigenvalue weighted by molar-refractivity contribution is -0.00876. The van der Waals surface area contributed by atoms with Gasteiger partial charge >= 0.3 is 0 Å². The summed E-state index contributed by atoms with van der Waals surface area (Å²) in [4.78, 5) is 0. The third-order valence-electron chi connectivity index (χ3n) is 3.21. The van der Waals surface area contributed by atoms with E-state index in [1.54, 1.807) is 0 Å². The first-order valence-corrected chi connectivity index (χ1v) is 5.30. The molecule has 1 rings (SSSR count). The number of allylic oxidation sites excluding steroid dienone is 1. The maximum atomic E-state index is 10.1. The maximum Gasteiger partial charge on any atom is 0.0653 e. The average Bonchev–Trinajstić information content (AvgIpc) is 1.99. The van der Waals surface area contributed by atoms with Gasteiger partial charge in [-0.2, -0.15) is 0 Å². The van der Waals surface area contributed by atoms with Crippen molar-refractivity contribution in [2.75, 3.05) is 0 Å². The topological polar surface area (TPSA) is 20.2 Å². The van der Waals surface area contributed by atoms with Gasteiger partial charge in [-0.1, -0.05) is 31.9 Å². The van der Waals surface area contributed by atoms with Gasteiger partial charge in [-0.3, -0.25) is 0 Å². The molecule has 0 aromatic heterocycles. The smallest absolute Gasteiger partial charge is 0.0653 e. The Balaban J connectivity index is 2.81. The molecule has 1 aliphatic carbocycles. The summed E-state index contributed by atoms with van der Waals surface area (Å²) in [7, 11) is 0. The molecule has 0 aromatic carbocycles. The Bertz CT molecular complexity index is 203. The van der Waals surface area contributed by atoms with Gasteiger partial charge in [0, 0.05) is 5.41 Å². The van der Waals surface area contributed by atoms with Crippen LogP contribution in [0.25, 0.3) is 0 Å². The largest absolute Gasteiger partial charge is 0.392 e. The quantitative estimate of drug-likeness (QED) is 0.618. The molecule has 0 bridgehead atoms. The fraction of sp³-hybridized carbons (Fsp3) is 0.833. The molecule has 3 unspecified atom stereocenters. The molecule has 0 spiro atoms. The minimum Gasteiger partial charge on any atom is -0.392 e. The van der Waals surface area contributed by atoms with Crippen LogP contribution in [-0.4, -0.2) is 11.2 Å². The molecule has 0 aliphatic heterocycles. The van der Waals surface area contributed by atoms with Gasteiger partial charge < -0.3 is 5.11 Å². The third kappa shape index (κ3) is 2.34. The first-order valence-electron chi connectivity index (χ1n) is 5.30. The standard InChI is InChI=1S/C12H22O/c1-9(2)8-12(4)7-5-6-10(3)11(12)13/h8,10-11,13H,5-7H2,1-4H3. The molecule has 1 saturated carbocycles. The molecule has 1 nitrogen and oxygen atoms in total. The molecule has 0 amide bonds. The first-order chi connectivity index (χ1) is 5.96. The lowest BCUT2D eigenvalue weighted by Gasteiger charge is -2.40. The van der Waals surface area contributed by atoms with E-state index in [9.17, 15) is 5.11 Å². The van der Waals surface area contributed by atoms with Crippen LogP contribution in [0, 0.1) is 11.3 Å². The second-order valence-electron chi connectivity index (χ2n) is 5.04. The van der Waals surface area contributed by atoms with Crippen molar-refractivity contribution in [2.24, 2.45) is 11.3 Å². The lowest BCUT2D eigenvalue weighted by atomic mass is 9.68. The molecule has 1 heteroatoms. The molecule has 13 heavy (non-hydrogen) atoms. The van der Waals surface area contributed by atoms with Crippen LogP contribution in [0.3, 0.4) is 0 Å². The Morgan fingerprint density at radius 2 is 2.08 bits per heavy atom. The number of aliphatic hydroxyl groups is 1. The van der Waals surface area contributed by atoms with Crippen molar-refractivity contribution in [3.05, 3.63) is 11.6 Å². The molecule has 1 fully saturated rings. The van der Waals surface area contributed by atoms with Crippen LogP contribution in [0.5, 0.6) is 0 Å². The molecule has 1 aliphatic rings. The summed E-state index contributed by atoms with van der Waals surface area (Å²) >= 11 is 0. The van der Waals surface area contributed by atoms with Gasteiger partial charge in [0.25, 0.3) is 0 Å². The van der Waals surface area contributed by atoms with Crippen molar-refractivity contribution in [3.63, 3.8) is 0 Å². The van der Waals surface area contributed by atoms with Crippen LogP contribution in [0.2, 0.25) is 0 Å². The van der Waals surface area contributed by atoms with Crippen LogP contribution in [0.15, 0.2) is 11.6 Å². The van der Waals surface area contributed by atoms with E-state index in [0.717, 1.165) is 6.42 Å². The summed E-state index contributed by atoms with van der Waals surface area (Å²) < 4.78 is 0. The van der Waals surface area contributed by atoms with Crippen molar-refractivity contribution in [2.45, 2.75) is 53.1 Å². The van der Waals surface area contributed by atoms with Gasteiger partial charge in [-0.15, -0.1) is 0 Å². The molecule has 1 N–H and O–H groups in total. The normalized spacial score (nSPS) is 40.1. The predicted octanol–water partition coefficient (Wildman–Crippen LogP) is 3.14. The molecule has 3 atom stereocenters. The Morgan fingerprint density at radius 3 is 2.62 bits per heavy atom. The van der Waals surface area contributed by atoms with E-state index in [0.29, 0.717) is 5.92 Å². The van der Waals surface area contributed by atoms with Crippen molar-refractivity contribution in [1.29, 1.82) is 0 Å². The first kappa shape index (κ1) is 10.8. The van der Waals surface area contributed by atoms with Gasteiger partial charge in [0.05, 0.1) is 6.10 Å². The van der Waals surface area contributed by atoms with Crippen LogP contribution < -0.4 is 0 Å². The summed E-state index contributed by atoms with van der Waals surface area (Å²) in [6, 6.07) is 0. The summed E-state index contributed by atoms with van der Waals surface area (Å²) in [6.07, 6.45) is 5.64. The second-order valence-corrected chi connectivity index (χ2v) is 5.04. The highest BCUT2D eigenvalue weighted by molar-refractivity contribution is 5.08. The summed E-state index contributed by atoms with van der Waals surface area (Å²) in [5, 5.41) is 10.1. The Morgan fingerprint density at radius 1 is 1.46 bits per heavy atom. The van der Waals surface area contributed by atoms with E-state index >= 15 is 0 Å². The highest BCUT2D eigenvalue weighted by atomic mass is 16.3. The maximum absolute atomic E-state index is 10.1. The number of aliphatic hydroxyl groups excluding tert-OH is 1. The Hall–Kier alpha value is -0.300. The van der Waals surface area contributed by atoms with E-state index in [4.69, 9.17) is 0 Å². The van der Waals surface area contributed by atoms with Crippen molar-refractivity contribution >= 4 is 0 Å². The Labute approximate surface area is 81.9 Å². The summed E-state index contributed by atoms with van der Waals surface area (Å²) in [5.74, 6) is 0.453. The number of rotatable bonds is 1. The second kappa shape index (κ2) is 3.83. The molecule has 0 radical (unpaired) electrons. The van der Waals surface area contributed by atoms with E-state index in [-0.39, 0.29) is 11.5 Å². The highest BCUT2D eigenvalue weighted by Gasteiger charge is 2.37. The van der Waals surface area contributed by atoms with E-state index in [1.807, 2.05) is 0 Å². The zero-order valence-electron chi connectivity index (χ0n) is 9.30. The van der Waals surface area contributed by atoms with Crippen molar-refractivity contribution in [1.82, 2.24) is 0 Å². The van der Waals surface area contributed by atoms with Crippen molar-refractivity contribution in [3.8, 4) is 0 Å². The molecule has 0 aromatic rings. The monoisotopic (exact) mass is 182 g/mol. The Kier molecular flexibility index (Phi) is 3.18. The van der Waals surface area contributed by atoms with E-state index < -0.39 is 0 Å². The fourth-order valence-corrected chi connectivity index (χ4v) is 2.58. The lowest BCUT2D eigenvalue weighted by Crippen LogP contribution is -2.39. The molecular weight excluding hydrogens is 160 g/mol. The highest BCUT2D eigenvalue weighted by Crippen LogP contribution is 2.40. The van der Waals surface area contributed by atoms with Crippen LogP contribution >= 0.6 is 0 Å². The summed E-state index contributed by atoms with van der Waals surface area (Å²) in [5.41, 5.74) is 1.34. The van der Waals surface area contributed by atoms with Gasteiger partial charge in [-0.25, -0.2) is 0 Å². The third-order valence-corrected chi connectivity index (χ3v) is 3.21. The van der Waals surface area contributed by atoms with Crippen LogP contribution in [0.1, 0.15) is 47.0 Å². The van der Waals surface area contributed by atoms with Crippen molar-refractivity contribution < 1.29 is 5.11 Å². The minimum atomic E-state index is -0.156. The zero-order chi connectivity index (χ0) is 10.1. The molecule has 0 saturated heterocycles.